The van der Waals surface area contributed by atoms with Gasteiger partial charge in [-0.3, -0.25) is 4.79 Å². The van der Waals surface area contributed by atoms with Gasteiger partial charge in [-0.2, -0.15) is 0 Å². The Kier molecular flexibility index (Phi) is 5.73. The van der Waals surface area contributed by atoms with Gasteiger partial charge in [-0.1, -0.05) is 53.9 Å². The average Bonchev–Trinajstić information content (AvgIpc) is 2.37. The van der Waals surface area contributed by atoms with Gasteiger partial charge in [-0.25, -0.2) is 0 Å². The van der Waals surface area contributed by atoms with E-state index >= 15 is 0 Å². The van der Waals surface area contributed by atoms with Gasteiger partial charge in [0.25, 0.3) is 0 Å². The maximum atomic E-state index is 11.9. The largest absolute Gasteiger partial charge is 0.426 e. The molecule has 1 N–H and O–H groups in total. The molecule has 112 valence electrons. The second-order valence-corrected chi connectivity index (χ2v) is 7.51. The maximum Gasteiger partial charge on any atom is 0.316 e. The molecule has 0 saturated heterocycles. The third-order valence-corrected chi connectivity index (χ3v) is 3.77. The van der Waals surface area contributed by atoms with E-state index < -0.39 is 15.3 Å². The Hall–Kier alpha value is -0.480. The lowest BCUT2D eigenvalue weighted by atomic mass is 9.91. The molecule has 0 bridgehead atoms. The predicted molar refractivity (Wildman–Crippen MR) is 81.4 cm³/mol. The summed E-state index contributed by atoms with van der Waals surface area (Å²) >= 11 is 16.8. The molecule has 1 aromatic rings. The van der Waals surface area contributed by atoms with Gasteiger partial charge in [-0.15, -0.1) is 0 Å². The van der Waals surface area contributed by atoms with Gasteiger partial charge >= 0.3 is 5.97 Å². The van der Waals surface area contributed by atoms with Crippen LogP contribution >= 0.6 is 34.8 Å². The monoisotopic (exact) mass is 338 g/mol. The van der Waals surface area contributed by atoms with Crippen molar-refractivity contribution in [3.8, 4) is 5.75 Å². The minimum Gasteiger partial charge on any atom is -0.426 e. The Morgan fingerprint density at radius 1 is 1.25 bits per heavy atom. The van der Waals surface area contributed by atoms with Crippen molar-refractivity contribution in [1.82, 2.24) is 0 Å². The van der Waals surface area contributed by atoms with Gasteiger partial charge in [0.15, 0.2) is 0 Å². The molecule has 0 radical (unpaired) electrons. The summed E-state index contributed by atoms with van der Waals surface area (Å²) in [6, 6.07) is 6.21. The van der Waals surface area contributed by atoms with Crippen LogP contribution in [0.4, 0.5) is 0 Å². The molecule has 3 nitrogen and oxygen atoms in total. The molecular weight excluding hydrogens is 323 g/mol. The molecule has 0 saturated carbocycles. The highest BCUT2D eigenvalue weighted by atomic mass is 35.6. The maximum absolute atomic E-state index is 11.9. The van der Waals surface area contributed by atoms with Crippen LogP contribution in [0.15, 0.2) is 24.3 Å². The van der Waals surface area contributed by atoms with E-state index in [0.717, 1.165) is 0 Å². The summed E-state index contributed by atoms with van der Waals surface area (Å²) in [5.41, 5.74) is -0.116. The molecule has 0 aromatic heterocycles. The van der Waals surface area contributed by atoms with Gasteiger partial charge in [0, 0.05) is 0 Å². The highest BCUT2D eigenvalue weighted by Crippen LogP contribution is 2.39. The lowest BCUT2D eigenvalue weighted by molar-refractivity contribution is -0.144. The molecular formula is C14H17Cl3O3. The highest BCUT2D eigenvalue weighted by molar-refractivity contribution is 6.68. The minimum absolute atomic E-state index is 0.310. The number of halogens is 3. The fourth-order valence-corrected chi connectivity index (χ4v) is 1.67. The van der Waals surface area contributed by atoms with E-state index in [2.05, 4.69) is 0 Å². The van der Waals surface area contributed by atoms with Gasteiger partial charge < -0.3 is 9.84 Å². The van der Waals surface area contributed by atoms with Crippen LogP contribution in [0, 0.1) is 5.41 Å². The minimum atomic E-state index is -1.80. The number of hydrogen-bond acceptors (Lipinski definition) is 3. The number of benzene rings is 1. The Morgan fingerprint density at radius 2 is 1.75 bits per heavy atom. The van der Waals surface area contributed by atoms with Crippen LogP contribution in [0.5, 0.6) is 5.75 Å². The molecule has 1 atom stereocenters. The molecule has 0 aliphatic heterocycles. The molecule has 0 amide bonds. The first kappa shape index (κ1) is 17.6. The Labute approximate surface area is 133 Å². The Bertz CT molecular complexity index is 464. The lowest BCUT2D eigenvalue weighted by Gasteiger charge is -2.21. The fraction of sp³-hybridized carbons (Fsp3) is 0.500. The molecule has 0 spiro atoms. The smallest absolute Gasteiger partial charge is 0.316 e. The molecule has 20 heavy (non-hydrogen) atoms. The predicted octanol–water partition coefficient (Wildman–Crippen LogP) is 4.43. The second kappa shape index (κ2) is 6.52. The number of hydrogen-bond donors (Lipinski definition) is 1. The SMILES string of the molecule is CCC(C)(C)C(=O)Oc1ccc(C(O)C(Cl)(Cl)Cl)cc1. The van der Waals surface area contributed by atoms with Crippen molar-refractivity contribution in [3.05, 3.63) is 29.8 Å². The number of carbonyl (C=O) groups is 1. The summed E-state index contributed by atoms with van der Waals surface area (Å²) in [6.07, 6.45) is -0.570. The van der Waals surface area contributed by atoms with E-state index in [1.807, 2.05) is 20.8 Å². The standard InChI is InChI=1S/C14H17Cl3O3/c1-4-13(2,3)12(19)20-10-7-5-9(6-8-10)11(18)14(15,16)17/h5-8,11,18H,4H2,1-3H3. The van der Waals surface area contributed by atoms with Crippen molar-refractivity contribution < 1.29 is 14.6 Å². The van der Waals surface area contributed by atoms with Gasteiger partial charge in [0.05, 0.1) is 5.41 Å². The summed E-state index contributed by atoms with van der Waals surface area (Å²) in [4.78, 5) is 11.9. The number of aliphatic hydroxyl groups is 1. The quantitative estimate of drug-likeness (QED) is 0.501. The Morgan fingerprint density at radius 3 is 2.15 bits per heavy atom. The fourth-order valence-electron chi connectivity index (χ4n) is 1.30. The third kappa shape index (κ3) is 4.52. The van der Waals surface area contributed by atoms with E-state index in [0.29, 0.717) is 17.7 Å². The van der Waals surface area contributed by atoms with Gasteiger partial charge in [-0.05, 0) is 38.0 Å². The number of esters is 1. The van der Waals surface area contributed by atoms with Crippen molar-refractivity contribution in [2.24, 2.45) is 5.41 Å². The lowest BCUT2D eigenvalue weighted by Crippen LogP contribution is -2.28. The van der Waals surface area contributed by atoms with Crippen LogP contribution in [0.25, 0.3) is 0 Å². The first-order chi connectivity index (χ1) is 9.08. The first-order valence-corrected chi connectivity index (χ1v) is 7.28. The number of aliphatic hydroxyl groups excluding tert-OH is 1. The molecule has 0 aliphatic rings. The first-order valence-electron chi connectivity index (χ1n) is 6.15. The highest BCUT2D eigenvalue weighted by Gasteiger charge is 2.32. The van der Waals surface area contributed by atoms with Gasteiger partial charge in [0.2, 0.25) is 3.79 Å². The average molecular weight is 340 g/mol. The van der Waals surface area contributed by atoms with Crippen LogP contribution in [0.1, 0.15) is 38.9 Å². The van der Waals surface area contributed by atoms with Crippen LogP contribution in [-0.4, -0.2) is 14.9 Å². The summed E-state index contributed by atoms with van der Waals surface area (Å²) in [6.45, 7) is 5.55. The van der Waals surface area contributed by atoms with Crippen LogP contribution < -0.4 is 4.74 Å². The van der Waals surface area contributed by atoms with Crippen molar-refractivity contribution in [2.45, 2.75) is 37.1 Å². The molecule has 1 aromatic carbocycles. The molecule has 0 aliphatic carbocycles. The van der Waals surface area contributed by atoms with Gasteiger partial charge in [0.1, 0.15) is 11.9 Å². The summed E-state index contributed by atoms with van der Waals surface area (Å²) < 4.78 is 3.47. The normalized spacial score (nSPS) is 13.9. The number of alkyl halides is 3. The number of carbonyl (C=O) groups excluding carboxylic acids is 1. The number of rotatable bonds is 4. The molecule has 1 unspecified atom stereocenters. The molecule has 0 heterocycles. The summed E-state index contributed by atoms with van der Waals surface area (Å²) in [7, 11) is 0. The molecule has 0 fully saturated rings. The van der Waals surface area contributed by atoms with E-state index in [4.69, 9.17) is 39.5 Å². The van der Waals surface area contributed by atoms with E-state index in [1.165, 1.54) is 0 Å². The van der Waals surface area contributed by atoms with Crippen molar-refractivity contribution >= 4 is 40.8 Å². The summed E-state index contributed by atoms with van der Waals surface area (Å²) in [5, 5.41) is 9.79. The Balaban J connectivity index is 2.80. The van der Waals surface area contributed by atoms with Crippen LogP contribution in [0.3, 0.4) is 0 Å². The van der Waals surface area contributed by atoms with Crippen LogP contribution in [0.2, 0.25) is 0 Å². The third-order valence-electron chi connectivity index (χ3n) is 3.15. The zero-order chi connectivity index (χ0) is 15.6. The summed E-state index contributed by atoms with van der Waals surface area (Å²) in [5.74, 6) is 0.0754. The van der Waals surface area contributed by atoms with Crippen molar-refractivity contribution in [1.29, 1.82) is 0 Å². The van der Waals surface area contributed by atoms with E-state index in [-0.39, 0.29) is 5.97 Å². The van der Waals surface area contributed by atoms with E-state index in [1.54, 1.807) is 24.3 Å². The zero-order valence-corrected chi connectivity index (χ0v) is 13.8. The zero-order valence-electron chi connectivity index (χ0n) is 11.5. The van der Waals surface area contributed by atoms with Crippen molar-refractivity contribution in [2.75, 3.05) is 0 Å². The second-order valence-electron chi connectivity index (χ2n) is 5.14. The van der Waals surface area contributed by atoms with E-state index in [9.17, 15) is 9.90 Å². The molecule has 1 rings (SSSR count). The van der Waals surface area contributed by atoms with Crippen LogP contribution in [-0.2, 0) is 4.79 Å². The van der Waals surface area contributed by atoms with Crippen molar-refractivity contribution in [3.63, 3.8) is 0 Å². The molecule has 6 heteroatoms. The topological polar surface area (TPSA) is 46.5 Å². The number of ether oxygens (including phenoxy) is 1.